The van der Waals surface area contributed by atoms with Crippen LogP contribution in [-0.2, 0) is 11.2 Å². The largest absolute Gasteiger partial charge is 0.496 e. The number of carbonyl (C=O) groups is 1. The van der Waals surface area contributed by atoms with Crippen molar-refractivity contribution in [1.29, 1.82) is 0 Å². The van der Waals surface area contributed by atoms with Gasteiger partial charge in [-0.15, -0.1) is 0 Å². The summed E-state index contributed by atoms with van der Waals surface area (Å²) >= 11 is 0. The van der Waals surface area contributed by atoms with Crippen LogP contribution >= 0.6 is 0 Å². The van der Waals surface area contributed by atoms with Gasteiger partial charge in [0.05, 0.1) is 13.2 Å². The van der Waals surface area contributed by atoms with E-state index in [1.807, 2.05) is 19.9 Å². The average Bonchev–Trinajstić information content (AvgIpc) is 2.60. The molecular formula is C22H28FNO2. The summed E-state index contributed by atoms with van der Waals surface area (Å²) in [5, 5.41) is 3.03. The van der Waals surface area contributed by atoms with Gasteiger partial charge in [-0.25, -0.2) is 4.39 Å². The number of aryl methyl sites for hydroxylation is 2. The highest BCUT2D eigenvalue weighted by Gasteiger charge is 2.17. The van der Waals surface area contributed by atoms with Gasteiger partial charge in [-0.2, -0.15) is 0 Å². The molecule has 0 spiro atoms. The van der Waals surface area contributed by atoms with Crippen molar-refractivity contribution in [2.75, 3.05) is 7.11 Å². The number of rotatable bonds is 7. The predicted molar refractivity (Wildman–Crippen MR) is 103 cm³/mol. The molecule has 0 aromatic heterocycles. The van der Waals surface area contributed by atoms with E-state index in [0.717, 1.165) is 22.4 Å². The van der Waals surface area contributed by atoms with E-state index in [1.54, 1.807) is 25.3 Å². The highest BCUT2D eigenvalue weighted by molar-refractivity contribution is 5.76. The Morgan fingerprint density at radius 2 is 1.85 bits per heavy atom. The molecule has 0 aliphatic heterocycles. The zero-order valence-electron chi connectivity index (χ0n) is 16.2. The van der Waals surface area contributed by atoms with Crippen molar-refractivity contribution < 1.29 is 13.9 Å². The predicted octanol–water partition coefficient (Wildman–Crippen LogP) is 5.08. The normalized spacial score (nSPS) is 12.1. The smallest absolute Gasteiger partial charge is 0.220 e. The van der Waals surface area contributed by atoms with Crippen LogP contribution in [0, 0.1) is 12.7 Å². The van der Waals surface area contributed by atoms with Crippen molar-refractivity contribution in [2.24, 2.45) is 0 Å². The third-order valence-electron chi connectivity index (χ3n) is 4.66. The summed E-state index contributed by atoms with van der Waals surface area (Å²) in [5.41, 5.74) is 3.85. The van der Waals surface area contributed by atoms with Gasteiger partial charge in [0.25, 0.3) is 0 Å². The Morgan fingerprint density at radius 1 is 1.15 bits per heavy atom. The number of halogens is 1. The first kappa shape index (κ1) is 20.0. The lowest BCUT2D eigenvalue weighted by Crippen LogP contribution is -2.27. The first-order valence-corrected chi connectivity index (χ1v) is 9.04. The molecule has 0 heterocycles. The van der Waals surface area contributed by atoms with E-state index in [0.29, 0.717) is 17.9 Å². The highest BCUT2D eigenvalue weighted by atomic mass is 19.1. The van der Waals surface area contributed by atoms with E-state index in [1.165, 1.54) is 6.07 Å². The molecule has 3 nitrogen and oxygen atoms in total. The number of methoxy groups -OCH3 is 1. The Labute approximate surface area is 155 Å². The van der Waals surface area contributed by atoms with E-state index >= 15 is 0 Å². The minimum atomic E-state index is -0.263. The molecule has 0 bridgehead atoms. The Morgan fingerprint density at radius 3 is 2.46 bits per heavy atom. The average molecular weight is 357 g/mol. The van der Waals surface area contributed by atoms with Crippen LogP contribution in [0.3, 0.4) is 0 Å². The second kappa shape index (κ2) is 8.84. The van der Waals surface area contributed by atoms with Crippen LogP contribution in [0.4, 0.5) is 4.39 Å². The molecule has 0 radical (unpaired) electrons. The maximum atomic E-state index is 13.7. The van der Waals surface area contributed by atoms with Gasteiger partial charge in [-0.05, 0) is 66.6 Å². The second-order valence-electron chi connectivity index (χ2n) is 6.99. The third kappa shape index (κ3) is 4.84. The summed E-state index contributed by atoms with van der Waals surface area (Å²) in [6.45, 7) is 8.23. The fourth-order valence-corrected chi connectivity index (χ4v) is 3.15. The molecule has 1 N–H and O–H groups in total. The summed E-state index contributed by atoms with van der Waals surface area (Å²) in [6, 6.07) is 10.6. The van der Waals surface area contributed by atoms with Crippen molar-refractivity contribution in [3.63, 3.8) is 0 Å². The molecule has 4 heteroatoms. The number of benzene rings is 2. The molecule has 2 aromatic rings. The van der Waals surface area contributed by atoms with E-state index < -0.39 is 0 Å². The van der Waals surface area contributed by atoms with Crippen molar-refractivity contribution in [2.45, 2.75) is 52.5 Å². The highest BCUT2D eigenvalue weighted by Crippen LogP contribution is 2.32. The minimum Gasteiger partial charge on any atom is -0.496 e. The van der Waals surface area contributed by atoms with Gasteiger partial charge in [0.15, 0.2) is 0 Å². The van der Waals surface area contributed by atoms with Crippen molar-refractivity contribution in [3.8, 4) is 5.75 Å². The molecule has 140 valence electrons. The molecule has 0 saturated carbocycles. The topological polar surface area (TPSA) is 38.3 Å². The van der Waals surface area contributed by atoms with Gasteiger partial charge in [0, 0.05) is 6.42 Å². The molecule has 0 saturated heterocycles. The monoisotopic (exact) mass is 357 g/mol. The maximum Gasteiger partial charge on any atom is 0.220 e. The number of hydrogen-bond donors (Lipinski definition) is 1. The summed E-state index contributed by atoms with van der Waals surface area (Å²) in [4.78, 5) is 12.3. The van der Waals surface area contributed by atoms with E-state index in [-0.39, 0.29) is 24.2 Å². The Balaban J connectivity index is 2.07. The van der Waals surface area contributed by atoms with Crippen LogP contribution in [0.1, 0.15) is 61.4 Å². The van der Waals surface area contributed by atoms with E-state index in [4.69, 9.17) is 4.74 Å². The lowest BCUT2D eigenvalue weighted by atomic mass is 9.93. The summed E-state index contributed by atoms with van der Waals surface area (Å²) in [6.07, 6.45) is 0.654. The molecule has 1 atom stereocenters. The zero-order valence-corrected chi connectivity index (χ0v) is 16.2. The van der Waals surface area contributed by atoms with Gasteiger partial charge < -0.3 is 10.1 Å². The van der Waals surface area contributed by atoms with Crippen LogP contribution < -0.4 is 10.1 Å². The second-order valence-corrected chi connectivity index (χ2v) is 6.99. The van der Waals surface area contributed by atoms with Crippen molar-refractivity contribution in [1.82, 2.24) is 5.32 Å². The lowest BCUT2D eigenvalue weighted by molar-refractivity contribution is -0.121. The minimum absolute atomic E-state index is 0.0814. The molecule has 2 aromatic carbocycles. The standard InChI is InChI=1S/C22H28FNO2/c1-14(2)18-13-19(15(3)12-21(18)26-5)16(4)24-22(25)11-10-17-8-6-7-9-20(17)23/h6-9,12-14,16H,10-11H2,1-5H3,(H,24,25)/t16-/m0/s1. The van der Waals surface area contributed by atoms with Crippen LogP contribution in [0.15, 0.2) is 36.4 Å². The molecule has 0 aliphatic rings. The van der Waals surface area contributed by atoms with Crippen LogP contribution in [0.5, 0.6) is 5.75 Å². The van der Waals surface area contributed by atoms with Crippen LogP contribution in [0.25, 0.3) is 0 Å². The number of amides is 1. The van der Waals surface area contributed by atoms with Gasteiger partial charge in [-0.1, -0.05) is 32.0 Å². The molecule has 0 fully saturated rings. The molecule has 2 rings (SSSR count). The molecular weight excluding hydrogens is 329 g/mol. The molecule has 0 unspecified atom stereocenters. The summed E-state index contributed by atoms with van der Waals surface area (Å²) in [5.74, 6) is 0.857. The lowest BCUT2D eigenvalue weighted by Gasteiger charge is -2.21. The summed E-state index contributed by atoms with van der Waals surface area (Å²) in [7, 11) is 1.67. The molecule has 1 amide bonds. The molecule has 0 aliphatic carbocycles. The van der Waals surface area contributed by atoms with Gasteiger partial charge in [0.1, 0.15) is 11.6 Å². The zero-order chi connectivity index (χ0) is 19.3. The van der Waals surface area contributed by atoms with Crippen LogP contribution in [-0.4, -0.2) is 13.0 Å². The number of hydrogen-bond acceptors (Lipinski definition) is 2. The Kier molecular flexibility index (Phi) is 6.78. The van der Waals surface area contributed by atoms with E-state index in [2.05, 4.69) is 25.2 Å². The number of ether oxygens (including phenoxy) is 1. The quantitative estimate of drug-likeness (QED) is 0.751. The van der Waals surface area contributed by atoms with E-state index in [9.17, 15) is 9.18 Å². The van der Waals surface area contributed by atoms with Crippen molar-refractivity contribution in [3.05, 3.63) is 64.5 Å². The van der Waals surface area contributed by atoms with Gasteiger partial charge in [-0.3, -0.25) is 4.79 Å². The van der Waals surface area contributed by atoms with Crippen molar-refractivity contribution >= 4 is 5.91 Å². The van der Waals surface area contributed by atoms with Crippen LogP contribution in [0.2, 0.25) is 0 Å². The SMILES string of the molecule is COc1cc(C)c([C@H](C)NC(=O)CCc2ccccc2F)cc1C(C)C. The molecule has 26 heavy (non-hydrogen) atoms. The summed E-state index contributed by atoms with van der Waals surface area (Å²) < 4.78 is 19.1. The maximum absolute atomic E-state index is 13.7. The Hall–Kier alpha value is -2.36. The number of carbonyl (C=O) groups excluding carboxylic acids is 1. The first-order chi connectivity index (χ1) is 12.3. The third-order valence-corrected chi connectivity index (χ3v) is 4.66. The Bertz CT molecular complexity index is 771. The fraction of sp³-hybridized carbons (Fsp3) is 0.409. The fourth-order valence-electron chi connectivity index (χ4n) is 3.15. The van der Waals surface area contributed by atoms with Gasteiger partial charge >= 0.3 is 0 Å². The first-order valence-electron chi connectivity index (χ1n) is 9.04. The number of nitrogens with one attached hydrogen (secondary N) is 1. The van der Waals surface area contributed by atoms with Gasteiger partial charge in [0.2, 0.25) is 5.91 Å².